The Hall–Kier alpha value is -0.380. The Kier molecular flexibility index (Phi) is 3.57. The summed E-state index contributed by atoms with van der Waals surface area (Å²) in [6.45, 7) is 3.54. The quantitative estimate of drug-likeness (QED) is 0.592. The van der Waals surface area contributed by atoms with Crippen LogP contribution in [0, 0.1) is 0 Å². The molecule has 0 aliphatic heterocycles. The molecule has 0 amide bonds. The Morgan fingerprint density at radius 1 is 1.50 bits per heavy atom. The fourth-order valence-corrected chi connectivity index (χ4v) is 1.01. The number of hydrogen-bond donors (Lipinski definition) is 0. The normalized spacial score (nSPS) is 11.1. The lowest BCUT2D eigenvalue weighted by Gasteiger charge is -1.92. The van der Waals surface area contributed by atoms with Crippen molar-refractivity contribution in [1.29, 1.82) is 0 Å². The number of halogens is 1. The van der Waals surface area contributed by atoms with Crippen LogP contribution in [0.25, 0.3) is 0 Å². The predicted molar refractivity (Wildman–Crippen MR) is 39.2 cm³/mol. The number of alkyl halides is 1. The molecule has 0 aromatic heterocycles. The van der Waals surface area contributed by atoms with Crippen LogP contribution < -0.4 is 0 Å². The molecule has 0 spiro atoms. The third-order valence-corrected chi connectivity index (χ3v) is 1.92. The van der Waals surface area contributed by atoms with Crippen LogP contribution in [0.4, 0.5) is 4.39 Å². The first-order valence-electron chi connectivity index (χ1n) is 2.87. The maximum Gasteiger partial charge on any atom is 0.191 e. The molecule has 0 atom stereocenters. The summed E-state index contributed by atoms with van der Waals surface area (Å²) in [6, 6.07) is -1.27. The average molecular weight is 166 g/mol. The molecule has 0 N–H and O–H groups in total. The van der Waals surface area contributed by atoms with Gasteiger partial charge in [-0.3, -0.25) is 0 Å². The Bertz CT molecular complexity index is 212. The van der Waals surface area contributed by atoms with Crippen molar-refractivity contribution in [3.63, 3.8) is 0 Å². The molecule has 0 fully saturated rings. The molecule has 0 heterocycles. The van der Waals surface area contributed by atoms with Crippen LogP contribution in [0.3, 0.4) is 0 Å². The van der Waals surface area contributed by atoms with E-state index in [1.54, 1.807) is 13.8 Å². The van der Waals surface area contributed by atoms with Gasteiger partial charge in [-0.2, -0.15) is 0 Å². The highest BCUT2D eigenvalue weighted by Gasteiger charge is 2.05. The third-order valence-electron chi connectivity index (χ3n) is 0.912. The second-order valence-corrected chi connectivity index (χ2v) is 4.34. The highest BCUT2D eigenvalue weighted by Crippen LogP contribution is 1.95. The highest BCUT2D eigenvalue weighted by molar-refractivity contribution is 7.91. The Morgan fingerprint density at radius 2 is 2.00 bits per heavy atom. The fourth-order valence-electron chi connectivity index (χ4n) is 0.338. The van der Waals surface area contributed by atoms with Gasteiger partial charge < -0.3 is 0 Å². The first-order valence-corrected chi connectivity index (χ1v) is 4.70. The summed E-state index contributed by atoms with van der Waals surface area (Å²) in [7, 11) is -3.46. The number of allylic oxidation sites excluding steroid dienone is 1. The minimum absolute atomic E-state index is 0.189. The van der Waals surface area contributed by atoms with Crippen molar-refractivity contribution < 1.29 is 12.8 Å². The first kappa shape index (κ1) is 9.62. The van der Waals surface area contributed by atoms with E-state index in [0.29, 0.717) is 0 Å². The SMILES string of the molecule is CC(C)=CCS(=O)(=O)CF. The van der Waals surface area contributed by atoms with Crippen molar-refractivity contribution in [3.8, 4) is 0 Å². The first-order chi connectivity index (χ1) is 4.48. The fraction of sp³-hybridized carbons (Fsp3) is 0.667. The van der Waals surface area contributed by atoms with Crippen molar-refractivity contribution in [2.75, 3.05) is 11.8 Å². The Morgan fingerprint density at radius 3 is 2.30 bits per heavy atom. The van der Waals surface area contributed by atoms with Crippen molar-refractivity contribution >= 4 is 9.84 Å². The van der Waals surface area contributed by atoms with Crippen LogP contribution in [0.15, 0.2) is 11.6 Å². The van der Waals surface area contributed by atoms with E-state index in [0.717, 1.165) is 5.57 Å². The van der Waals surface area contributed by atoms with Gasteiger partial charge in [-0.05, 0) is 13.8 Å². The molecule has 0 bridgehead atoms. The van der Waals surface area contributed by atoms with Gasteiger partial charge in [0.2, 0.25) is 0 Å². The van der Waals surface area contributed by atoms with Gasteiger partial charge in [0.15, 0.2) is 15.8 Å². The Balaban J connectivity index is 4.06. The van der Waals surface area contributed by atoms with Crippen LogP contribution in [0.2, 0.25) is 0 Å². The maximum atomic E-state index is 11.6. The third kappa shape index (κ3) is 4.49. The summed E-state index contributed by atoms with van der Waals surface area (Å²) in [4.78, 5) is 0. The van der Waals surface area contributed by atoms with Gasteiger partial charge in [0.25, 0.3) is 0 Å². The predicted octanol–water partition coefficient (Wildman–Crippen LogP) is 1.29. The molecular weight excluding hydrogens is 155 g/mol. The van der Waals surface area contributed by atoms with E-state index in [4.69, 9.17) is 0 Å². The second-order valence-electron chi connectivity index (χ2n) is 2.30. The van der Waals surface area contributed by atoms with E-state index in [1.165, 1.54) is 6.08 Å². The maximum absolute atomic E-state index is 11.6. The smallest absolute Gasteiger partial charge is 0.191 e. The Labute approximate surface area is 60.7 Å². The molecule has 0 radical (unpaired) electrons. The van der Waals surface area contributed by atoms with Crippen molar-refractivity contribution in [1.82, 2.24) is 0 Å². The minimum Gasteiger partial charge on any atom is -0.234 e. The van der Waals surface area contributed by atoms with Crippen LogP contribution in [0.1, 0.15) is 13.8 Å². The van der Waals surface area contributed by atoms with Crippen LogP contribution in [-0.4, -0.2) is 20.2 Å². The molecule has 0 aromatic carbocycles. The zero-order valence-electron chi connectivity index (χ0n) is 6.09. The van der Waals surface area contributed by atoms with E-state index < -0.39 is 15.8 Å². The average Bonchev–Trinajstić information content (AvgIpc) is 1.85. The van der Waals surface area contributed by atoms with Gasteiger partial charge in [-0.1, -0.05) is 11.6 Å². The van der Waals surface area contributed by atoms with Gasteiger partial charge in [0.05, 0.1) is 5.75 Å². The molecule has 2 nitrogen and oxygen atoms in total. The molecule has 0 saturated carbocycles. The minimum atomic E-state index is -3.46. The van der Waals surface area contributed by atoms with E-state index in [2.05, 4.69) is 0 Å². The van der Waals surface area contributed by atoms with Crippen molar-refractivity contribution in [2.24, 2.45) is 0 Å². The van der Waals surface area contributed by atoms with Gasteiger partial charge in [0, 0.05) is 0 Å². The zero-order chi connectivity index (χ0) is 8.20. The van der Waals surface area contributed by atoms with E-state index in [9.17, 15) is 12.8 Å². The summed E-state index contributed by atoms with van der Waals surface area (Å²) in [5.74, 6) is -0.189. The molecule has 0 aromatic rings. The second kappa shape index (κ2) is 3.71. The topological polar surface area (TPSA) is 34.1 Å². The summed E-state index contributed by atoms with van der Waals surface area (Å²) in [5.41, 5.74) is 0.886. The van der Waals surface area contributed by atoms with E-state index in [-0.39, 0.29) is 5.75 Å². The molecular formula is C6H11FO2S. The number of rotatable bonds is 3. The van der Waals surface area contributed by atoms with E-state index in [1.807, 2.05) is 0 Å². The van der Waals surface area contributed by atoms with E-state index >= 15 is 0 Å². The van der Waals surface area contributed by atoms with Crippen LogP contribution in [-0.2, 0) is 9.84 Å². The summed E-state index contributed by atoms with van der Waals surface area (Å²) in [5, 5.41) is 0. The van der Waals surface area contributed by atoms with Gasteiger partial charge in [-0.15, -0.1) is 0 Å². The summed E-state index contributed by atoms with van der Waals surface area (Å²) < 4.78 is 32.6. The van der Waals surface area contributed by atoms with Gasteiger partial charge in [0.1, 0.15) is 0 Å². The molecule has 60 valence electrons. The lowest BCUT2D eigenvalue weighted by Crippen LogP contribution is -2.05. The lowest BCUT2D eigenvalue weighted by atomic mass is 10.3. The molecule has 0 aliphatic carbocycles. The molecule has 0 rings (SSSR count). The van der Waals surface area contributed by atoms with Crippen LogP contribution in [0.5, 0.6) is 0 Å². The molecule has 0 aliphatic rings. The number of sulfone groups is 1. The highest BCUT2D eigenvalue weighted by atomic mass is 32.2. The van der Waals surface area contributed by atoms with Crippen molar-refractivity contribution in [3.05, 3.63) is 11.6 Å². The monoisotopic (exact) mass is 166 g/mol. The van der Waals surface area contributed by atoms with Gasteiger partial charge >= 0.3 is 0 Å². The molecule has 0 saturated heterocycles. The zero-order valence-corrected chi connectivity index (χ0v) is 6.91. The largest absolute Gasteiger partial charge is 0.234 e. The summed E-state index contributed by atoms with van der Waals surface area (Å²) in [6.07, 6.45) is 1.49. The number of hydrogen-bond acceptors (Lipinski definition) is 2. The molecule has 0 unspecified atom stereocenters. The standard InChI is InChI=1S/C6H11FO2S/c1-6(2)3-4-10(8,9)5-7/h3H,4-5H2,1-2H3. The van der Waals surface area contributed by atoms with Crippen LogP contribution >= 0.6 is 0 Å². The molecule has 10 heavy (non-hydrogen) atoms. The van der Waals surface area contributed by atoms with Crippen molar-refractivity contribution in [2.45, 2.75) is 13.8 Å². The molecule has 4 heteroatoms. The van der Waals surface area contributed by atoms with Gasteiger partial charge in [-0.25, -0.2) is 12.8 Å². The summed E-state index contributed by atoms with van der Waals surface area (Å²) >= 11 is 0. The lowest BCUT2D eigenvalue weighted by molar-refractivity contribution is 0.537.